The lowest BCUT2D eigenvalue weighted by molar-refractivity contribution is 0.0698. The second kappa shape index (κ2) is 6.12. The number of nitrogens with one attached hydrogen (secondary N) is 2. The highest BCUT2D eigenvalue weighted by Gasteiger charge is 2.22. The number of carboxylic acids is 1. The molecule has 8 heteroatoms. The van der Waals surface area contributed by atoms with Crippen molar-refractivity contribution in [2.45, 2.75) is 19.9 Å². The van der Waals surface area contributed by atoms with E-state index in [4.69, 9.17) is 5.11 Å². The molecule has 0 saturated carbocycles. The molecule has 0 aromatic carbocycles. The molecule has 0 spiro atoms. The van der Waals surface area contributed by atoms with Crippen LogP contribution in [0.5, 0.6) is 0 Å². The van der Waals surface area contributed by atoms with Gasteiger partial charge in [-0.15, -0.1) is 11.3 Å². The average Bonchev–Trinajstić information content (AvgIpc) is 3.18. The number of thiophene rings is 1. The number of carbonyl (C=O) groups is 2. The molecule has 3 N–H and O–H groups in total. The van der Waals surface area contributed by atoms with Gasteiger partial charge in [0.2, 0.25) is 0 Å². The summed E-state index contributed by atoms with van der Waals surface area (Å²) >= 11 is 1.30. The quantitative estimate of drug-likeness (QED) is 0.661. The number of nitrogens with zero attached hydrogens (tertiary/aromatic N) is 2. The first-order valence-electron chi connectivity index (χ1n) is 7.49. The summed E-state index contributed by atoms with van der Waals surface area (Å²) in [5.41, 5.74) is 1.95. The van der Waals surface area contributed by atoms with E-state index in [0.29, 0.717) is 11.2 Å². The molecule has 0 fully saturated rings. The van der Waals surface area contributed by atoms with Gasteiger partial charge in [-0.25, -0.2) is 4.79 Å². The number of carbonyl (C=O) groups excluding carboxylic acids is 1. The van der Waals surface area contributed by atoms with Crippen molar-refractivity contribution >= 4 is 33.4 Å². The first-order valence-corrected chi connectivity index (χ1v) is 8.37. The molecule has 126 valence electrons. The van der Waals surface area contributed by atoms with Gasteiger partial charge in [-0.1, -0.05) is 13.8 Å². The zero-order valence-electron chi connectivity index (χ0n) is 13.5. The van der Waals surface area contributed by atoms with Crippen LogP contribution in [-0.4, -0.2) is 31.7 Å². The highest BCUT2D eigenvalue weighted by atomic mass is 32.1. The number of amides is 1. The minimum absolute atomic E-state index is 0.175. The number of fused-ring (bicyclic) bond motifs is 1. The highest BCUT2D eigenvalue weighted by Crippen LogP contribution is 2.27. The van der Waals surface area contributed by atoms with Crippen molar-refractivity contribution in [2.75, 3.05) is 0 Å². The number of aromatic amines is 1. The molecule has 1 unspecified atom stereocenters. The molecule has 3 heterocycles. The van der Waals surface area contributed by atoms with E-state index in [2.05, 4.69) is 15.4 Å². The Morgan fingerprint density at radius 2 is 2.17 bits per heavy atom. The fourth-order valence-electron chi connectivity index (χ4n) is 2.64. The van der Waals surface area contributed by atoms with Crippen LogP contribution in [-0.2, 0) is 7.05 Å². The molecule has 24 heavy (non-hydrogen) atoms. The van der Waals surface area contributed by atoms with E-state index in [-0.39, 0.29) is 23.4 Å². The highest BCUT2D eigenvalue weighted by molar-refractivity contribution is 7.17. The number of aromatic carboxylic acids is 1. The maximum atomic E-state index is 12.6. The van der Waals surface area contributed by atoms with Gasteiger partial charge in [0.05, 0.1) is 28.0 Å². The minimum Gasteiger partial charge on any atom is -0.478 e. The first-order chi connectivity index (χ1) is 11.4. The standard InChI is InChI=1S/C16H18N4O3S/c1-8(2)13(9-5-17-20(3)6-9)19-15(21)11-4-12-14(18-11)10(7-24-12)16(22)23/h4-8,13,18H,1-3H3,(H,19,21)(H,22,23). The maximum Gasteiger partial charge on any atom is 0.338 e. The zero-order valence-corrected chi connectivity index (χ0v) is 14.3. The summed E-state index contributed by atoms with van der Waals surface area (Å²) in [4.78, 5) is 26.7. The smallest absolute Gasteiger partial charge is 0.338 e. The third-order valence-electron chi connectivity index (χ3n) is 3.87. The Labute approximate surface area is 142 Å². The number of carboxylic acid groups (broad SMARTS) is 1. The summed E-state index contributed by atoms with van der Waals surface area (Å²) in [5, 5.41) is 17.9. The second-order valence-electron chi connectivity index (χ2n) is 6.02. The first kappa shape index (κ1) is 16.3. The normalized spacial score (nSPS) is 12.7. The predicted octanol–water partition coefficient (Wildman–Crippen LogP) is 2.79. The molecular weight excluding hydrogens is 328 g/mol. The number of aryl methyl sites for hydroxylation is 1. The van der Waals surface area contributed by atoms with Crippen molar-refractivity contribution in [1.82, 2.24) is 20.1 Å². The van der Waals surface area contributed by atoms with E-state index >= 15 is 0 Å². The summed E-state index contributed by atoms with van der Waals surface area (Å²) in [5.74, 6) is -1.09. The van der Waals surface area contributed by atoms with E-state index in [1.54, 1.807) is 22.3 Å². The SMILES string of the molecule is CC(C)C(NC(=O)c1cc2scc(C(=O)O)c2[nH]1)c1cnn(C)c1. The number of aromatic nitrogens is 3. The molecule has 3 aromatic rings. The summed E-state index contributed by atoms with van der Waals surface area (Å²) in [7, 11) is 1.83. The molecule has 3 aromatic heterocycles. The van der Waals surface area contributed by atoms with E-state index in [1.807, 2.05) is 27.1 Å². The second-order valence-corrected chi connectivity index (χ2v) is 6.93. The minimum atomic E-state index is -1.01. The van der Waals surface area contributed by atoms with Gasteiger partial charge in [0.15, 0.2) is 0 Å². The lowest BCUT2D eigenvalue weighted by Crippen LogP contribution is -2.31. The lowest BCUT2D eigenvalue weighted by atomic mass is 9.98. The van der Waals surface area contributed by atoms with Crippen molar-refractivity contribution < 1.29 is 14.7 Å². The van der Waals surface area contributed by atoms with E-state index in [1.165, 1.54) is 11.3 Å². The molecule has 3 rings (SSSR count). The van der Waals surface area contributed by atoms with Gasteiger partial charge in [-0.05, 0) is 12.0 Å². The molecule has 1 atom stereocenters. The molecule has 0 aliphatic rings. The third-order valence-corrected chi connectivity index (χ3v) is 4.80. The Morgan fingerprint density at radius 3 is 2.75 bits per heavy atom. The van der Waals surface area contributed by atoms with Gasteiger partial charge < -0.3 is 15.4 Å². The molecule has 0 bridgehead atoms. The van der Waals surface area contributed by atoms with Crippen LogP contribution < -0.4 is 5.32 Å². The molecular formula is C16H18N4O3S. The van der Waals surface area contributed by atoms with Gasteiger partial charge in [-0.3, -0.25) is 9.48 Å². The molecule has 0 radical (unpaired) electrons. The van der Waals surface area contributed by atoms with Crippen molar-refractivity contribution in [1.29, 1.82) is 0 Å². The molecule has 1 amide bonds. The Bertz CT molecular complexity index is 906. The van der Waals surface area contributed by atoms with Crippen LogP contribution >= 0.6 is 11.3 Å². The third kappa shape index (κ3) is 2.92. The monoisotopic (exact) mass is 346 g/mol. The number of H-pyrrole nitrogens is 1. The molecule has 0 aliphatic carbocycles. The zero-order chi connectivity index (χ0) is 17.4. The fourth-order valence-corrected chi connectivity index (χ4v) is 3.57. The van der Waals surface area contributed by atoms with Gasteiger partial charge in [0.1, 0.15) is 5.69 Å². The summed E-state index contributed by atoms with van der Waals surface area (Å²) < 4.78 is 2.45. The van der Waals surface area contributed by atoms with E-state index in [0.717, 1.165) is 10.3 Å². The van der Waals surface area contributed by atoms with Gasteiger partial charge in [-0.2, -0.15) is 5.10 Å². The molecule has 0 saturated heterocycles. The van der Waals surface area contributed by atoms with Crippen molar-refractivity contribution in [3.63, 3.8) is 0 Å². The van der Waals surface area contributed by atoms with Crippen LogP contribution in [0.2, 0.25) is 0 Å². The fraction of sp³-hybridized carbons (Fsp3) is 0.312. The largest absolute Gasteiger partial charge is 0.478 e. The van der Waals surface area contributed by atoms with Crippen LogP contribution in [0.15, 0.2) is 23.8 Å². The van der Waals surface area contributed by atoms with Crippen LogP contribution in [0.3, 0.4) is 0 Å². The Hall–Kier alpha value is -2.61. The van der Waals surface area contributed by atoms with Crippen LogP contribution in [0, 0.1) is 5.92 Å². The van der Waals surface area contributed by atoms with Crippen LogP contribution in [0.4, 0.5) is 0 Å². The van der Waals surface area contributed by atoms with Crippen LogP contribution in [0.1, 0.15) is 46.3 Å². The van der Waals surface area contributed by atoms with Gasteiger partial charge in [0, 0.05) is 24.2 Å². The molecule has 0 aliphatic heterocycles. The molecule has 7 nitrogen and oxygen atoms in total. The Kier molecular flexibility index (Phi) is 4.15. The predicted molar refractivity (Wildman–Crippen MR) is 91.4 cm³/mol. The van der Waals surface area contributed by atoms with Crippen molar-refractivity contribution in [3.8, 4) is 0 Å². The van der Waals surface area contributed by atoms with Crippen molar-refractivity contribution in [3.05, 3.63) is 40.7 Å². The Morgan fingerprint density at radius 1 is 1.42 bits per heavy atom. The van der Waals surface area contributed by atoms with Crippen molar-refractivity contribution in [2.24, 2.45) is 13.0 Å². The van der Waals surface area contributed by atoms with Crippen LogP contribution in [0.25, 0.3) is 10.2 Å². The summed E-state index contributed by atoms with van der Waals surface area (Å²) in [6.07, 6.45) is 3.61. The Balaban J connectivity index is 1.86. The average molecular weight is 346 g/mol. The summed E-state index contributed by atoms with van der Waals surface area (Å²) in [6.45, 7) is 4.04. The summed E-state index contributed by atoms with van der Waals surface area (Å²) in [6, 6.07) is 1.51. The van der Waals surface area contributed by atoms with E-state index < -0.39 is 5.97 Å². The lowest BCUT2D eigenvalue weighted by Gasteiger charge is -2.20. The van der Waals surface area contributed by atoms with E-state index in [9.17, 15) is 9.59 Å². The number of hydrogen-bond acceptors (Lipinski definition) is 4. The number of hydrogen-bond donors (Lipinski definition) is 3. The number of rotatable bonds is 5. The topological polar surface area (TPSA) is 100 Å². The van der Waals surface area contributed by atoms with Gasteiger partial charge >= 0.3 is 5.97 Å². The van der Waals surface area contributed by atoms with Gasteiger partial charge in [0.25, 0.3) is 5.91 Å². The maximum absolute atomic E-state index is 12.6.